The molecule has 0 atom stereocenters. The minimum atomic E-state index is -0.0749. The number of rotatable bonds is 3. The lowest BCUT2D eigenvalue weighted by molar-refractivity contribution is 0.0626. The number of hydrogen-bond donors (Lipinski definition) is 1. The fourth-order valence-corrected chi connectivity index (χ4v) is 4.44. The molecule has 1 N–H and O–H groups in total. The molecule has 3 rings (SSSR count). The number of carbonyl (C=O) groups is 1. The van der Waals surface area contributed by atoms with Crippen LogP contribution in [0.1, 0.15) is 26.4 Å². The van der Waals surface area contributed by atoms with Gasteiger partial charge in [0.25, 0.3) is 5.91 Å². The van der Waals surface area contributed by atoms with Crippen LogP contribution in [0.5, 0.6) is 5.75 Å². The van der Waals surface area contributed by atoms with Crippen LogP contribution in [0.15, 0.2) is 28.1 Å². The first-order valence-corrected chi connectivity index (χ1v) is 9.61. The Morgan fingerprint density at radius 2 is 1.88 bits per heavy atom. The molecule has 6 heteroatoms. The van der Waals surface area contributed by atoms with Crippen LogP contribution < -0.4 is 0 Å². The zero-order valence-corrected chi connectivity index (χ0v) is 16.3. The maximum atomic E-state index is 12.7. The number of hydrogen-bond acceptors (Lipinski definition) is 4. The SMILES string of the molecule is Cc1ccc(C(=O)N2CCN(Cc3ccc(Br)s3)CC2)c(O)c1C. The lowest BCUT2D eigenvalue weighted by Crippen LogP contribution is -2.48. The summed E-state index contributed by atoms with van der Waals surface area (Å²) in [6.07, 6.45) is 0. The third-order valence-electron chi connectivity index (χ3n) is 4.60. The number of thiophene rings is 1. The van der Waals surface area contributed by atoms with Crippen LogP contribution in [0.25, 0.3) is 0 Å². The van der Waals surface area contributed by atoms with Gasteiger partial charge in [-0.1, -0.05) is 6.07 Å². The summed E-state index contributed by atoms with van der Waals surface area (Å²) in [5, 5.41) is 10.3. The Kier molecular flexibility index (Phi) is 5.27. The average molecular weight is 409 g/mol. The molecule has 1 aromatic heterocycles. The third-order valence-corrected chi connectivity index (χ3v) is 6.21. The molecule has 0 aliphatic carbocycles. The van der Waals surface area contributed by atoms with E-state index in [2.05, 4.69) is 33.0 Å². The molecule has 2 heterocycles. The summed E-state index contributed by atoms with van der Waals surface area (Å²) in [7, 11) is 0. The van der Waals surface area contributed by atoms with Gasteiger partial charge in [-0.2, -0.15) is 0 Å². The number of benzene rings is 1. The number of carbonyl (C=O) groups excluding carboxylic acids is 1. The summed E-state index contributed by atoms with van der Waals surface area (Å²) < 4.78 is 1.15. The van der Waals surface area contributed by atoms with Crippen molar-refractivity contribution in [1.29, 1.82) is 0 Å². The van der Waals surface area contributed by atoms with Crippen molar-refractivity contribution in [2.45, 2.75) is 20.4 Å². The molecule has 24 heavy (non-hydrogen) atoms. The van der Waals surface area contributed by atoms with Gasteiger partial charge in [0.2, 0.25) is 0 Å². The number of aryl methyl sites for hydroxylation is 1. The Labute approximate surface area is 154 Å². The van der Waals surface area contributed by atoms with Gasteiger partial charge in [0, 0.05) is 37.6 Å². The van der Waals surface area contributed by atoms with E-state index in [4.69, 9.17) is 0 Å². The van der Waals surface area contributed by atoms with E-state index in [1.807, 2.05) is 24.8 Å². The Balaban J connectivity index is 1.62. The quantitative estimate of drug-likeness (QED) is 0.839. The molecule has 0 radical (unpaired) electrons. The first-order chi connectivity index (χ1) is 11.5. The van der Waals surface area contributed by atoms with Gasteiger partial charge < -0.3 is 10.0 Å². The largest absolute Gasteiger partial charge is 0.507 e. The van der Waals surface area contributed by atoms with Crippen molar-refractivity contribution < 1.29 is 9.90 Å². The van der Waals surface area contributed by atoms with Gasteiger partial charge >= 0.3 is 0 Å². The molecule has 1 amide bonds. The summed E-state index contributed by atoms with van der Waals surface area (Å²) in [5.74, 6) is 0.0417. The zero-order valence-electron chi connectivity index (χ0n) is 13.9. The fourth-order valence-electron chi connectivity index (χ4n) is 2.91. The van der Waals surface area contributed by atoms with E-state index in [-0.39, 0.29) is 11.7 Å². The highest BCUT2D eigenvalue weighted by Crippen LogP contribution is 2.27. The Morgan fingerprint density at radius 1 is 1.17 bits per heavy atom. The highest BCUT2D eigenvalue weighted by molar-refractivity contribution is 9.11. The van der Waals surface area contributed by atoms with E-state index in [1.165, 1.54) is 4.88 Å². The maximum Gasteiger partial charge on any atom is 0.257 e. The fraction of sp³-hybridized carbons (Fsp3) is 0.389. The topological polar surface area (TPSA) is 43.8 Å². The molecular formula is C18H21BrN2O2S. The van der Waals surface area contributed by atoms with Gasteiger partial charge in [0.15, 0.2) is 0 Å². The first kappa shape index (κ1) is 17.5. The van der Waals surface area contributed by atoms with Crippen molar-refractivity contribution in [3.8, 4) is 5.75 Å². The smallest absolute Gasteiger partial charge is 0.257 e. The van der Waals surface area contributed by atoms with Crippen molar-refractivity contribution in [2.24, 2.45) is 0 Å². The summed E-state index contributed by atoms with van der Waals surface area (Å²) in [4.78, 5) is 18.2. The van der Waals surface area contributed by atoms with Crippen LogP contribution in [0.2, 0.25) is 0 Å². The van der Waals surface area contributed by atoms with Crippen LogP contribution in [-0.2, 0) is 6.54 Å². The monoisotopic (exact) mass is 408 g/mol. The second-order valence-corrected chi connectivity index (χ2v) is 8.73. The van der Waals surface area contributed by atoms with E-state index in [0.717, 1.165) is 34.5 Å². The van der Waals surface area contributed by atoms with E-state index in [1.54, 1.807) is 17.4 Å². The molecule has 1 aromatic carbocycles. The number of phenolic OH excluding ortho intramolecular Hbond substituents is 1. The zero-order chi connectivity index (χ0) is 17.3. The first-order valence-electron chi connectivity index (χ1n) is 8.00. The molecule has 1 saturated heterocycles. The number of nitrogens with zero attached hydrogens (tertiary/aromatic N) is 2. The van der Waals surface area contributed by atoms with Crippen molar-refractivity contribution >= 4 is 33.2 Å². The van der Waals surface area contributed by atoms with Crippen LogP contribution in [0.3, 0.4) is 0 Å². The molecule has 2 aromatic rings. The van der Waals surface area contributed by atoms with Crippen LogP contribution in [0.4, 0.5) is 0 Å². The normalized spacial score (nSPS) is 15.7. The number of piperazine rings is 1. The molecule has 1 aliphatic heterocycles. The highest BCUT2D eigenvalue weighted by Gasteiger charge is 2.24. The second kappa shape index (κ2) is 7.25. The number of phenols is 1. The van der Waals surface area contributed by atoms with Gasteiger partial charge in [0.05, 0.1) is 9.35 Å². The number of amides is 1. The van der Waals surface area contributed by atoms with Gasteiger partial charge in [-0.05, 0) is 59.1 Å². The minimum Gasteiger partial charge on any atom is -0.507 e. The third kappa shape index (κ3) is 3.66. The average Bonchev–Trinajstić information content (AvgIpc) is 2.98. The van der Waals surface area contributed by atoms with Gasteiger partial charge in [-0.3, -0.25) is 9.69 Å². The summed E-state index contributed by atoms with van der Waals surface area (Å²) in [6, 6.07) is 7.84. The minimum absolute atomic E-state index is 0.0749. The van der Waals surface area contributed by atoms with Gasteiger partial charge in [-0.25, -0.2) is 0 Å². The van der Waals surface area contributed by atoms with Gasteiger partial charge in [-0.15, -0.1) is 11.3 Å². The lowest BCUT2D eigenvalue weighted by Gasteiger charge is -2.34. The van der Waals surface area contributed by atoms with Crippen LogP contribution >= 0.6 is 27.3 Å². The van der Waals surface area contributed by atoms with E-state index in [0.29, 0.717) is 18.7 Å². The van der Waals surface area contributed by atoms with E-state index < -0.39 is 0 Å². The van der Waals surface area contributed by atoms with E-state index >= 15 is 0 Å². The highest BCUT2D eigenvalue weighted by atomic mass is 79.9. The summed E-state index contributed by atoms with van der Waals surface area (Å²) in [5.41, 5.74) is 2.19. The van der Waals surface area contributed by atoms with Gasteiger partial charge in [0.1, 0.15) is 5.75 Å². The number of aromatic hydroxyl groups is 1. The maximum absolute atomic E-state index is 12.7. The predicted octanol–water partition coefficient (Wildman–Crippen LogP) is 3.79. The Bertz CT molecular complexity index is 751. The summed E-state index contributed by atoms with van der Waals surface area (Å²) in [6.45, 7) is 7.80. The van der Waals surface area contributed by atoms with Crippen molar-refractivity contribution in [1.82, 2.24) is 9.80 Å². The van der Waals surface area contributed by atoms with Crippen molar-refractivity contribution in [3.05, 3.63) is 49.6 Å². The molecule has 4 nitrogen and oxygen atoms in total. The van der Waals surface area contributed by atoms with Crippen molar-refractivity contribution in [2.75, 3.05) is 26.2 Å². The summed E-state index contributed by atoms with van der Waals surface area (Å²) >= 11 is 5.24. The van der Waals surface area contributed by atoms with E-state index in [9.17, 15) is 9.90 Å². The molecule has 1 fully saturated rings. The molecule has 1 aliphatic rings. The predicted molar refractivity (Wildman–Crippen MR) is 101 cm³/mol. The van der Waals surface area contributed by atoms with Crippen molar-refractivity contribution in [3.63, 3.8) is 0 Å². The molecule has 128 valence electrons. The molecular weight excluding hydrogens is 388 g/mol. The standard InChI is InChI=1S/C18H21BrN2O2S/c1-12-3-5-15(17(22)13(12)2)18(23)21-9-7-20(8-10-21)11-14-4-6-16(19)24-14/h3-6,22H,7-11H2,1-2H3. The molecule has 0 spiro atoms. The molecule has 0 bridgehead atoms. The van der Waals surface area contributed by atoms with Crippen LogP contribution in [-0.4, -0.2) is 47.0 Å². The molecule has 0 unspecified atom stereocenters. The number of halogens is 1. The second-order valence-electron chi connectivity index (χ2n) is 6.18. The molecule has 0 saturated carbocycles. The van der Waals surface area contributed by atoms with Crippen LogP contribution in [0, 0.1) is 13.8 Å². The lowest BCUT2D eigenvalue weighted by atomic mass is 10.0. The Hall–Kier alpha value is -1.37. The Morgan fingerprint density at radius 3 is 2.50 bits per heavy atom.